The Morgan fingerprint density at radius 3 is 2.43 bits per heavy atom. The number of nitrogens with zero attached hydrogens (tertiary/aromatic N) is 2. The number of aliphatic carboxylic acids is 1. The number of carboxylic acids is 1. The first-order valence-corrected chi connectivity index (χ1v) is 19.0. The molecule has 0 aliphatic heterocycles. The molecule has 1 heterocycles. The Morgan fingerprint density at radius 2 is 1.80 bits per heavy atom. The highest BCUT2D eigenvalue weighted by molar-refractivity contribution is 6.01. The van der Waals surface area contributed by atoms with Crippen molar-refractivity contribution in [3.05, 3.63) is 78.4 Å². The number of aromatic nitrogens is 1. The van der Waals surface area contributed by atoms with Gasteiger partial charge >= 0.3 is 11.9 Å². The van der Waals surface area contributed by atoms with Gasteiger partial charge < -0.3 is 35.1 Å². The SMILES string of the molecule is CCC[C@H](NC(=O)[C@@H]1C[C@@H](Oc2cc(-c3ccccc3)nc3cc(OC)ccc23)C=C1C([O-])=N[C@H](C(=O)N[C@H](C(=O)OC)C1C=CCCC1)C(C)(C)C)C(=O)O. The highest BCUT2D eigenvalue weighted by Crippen LogP contribution is 2.37. The number of carbonyl (C=O) groups is 4. The van der Waals surface area contributed by atoms with Crippen molar-refractivity contribution in [3.8, 4) is 22.8 Å². The molecule has 2 aromatic carbocycles. The zero-order valence-electron chi connectivity index (χ0n) is 32.7. The van der Waals surface area contributed by atoms with E-state index in [2.05, 4.69) is 15.6 Å². The van der Waals surface area contributed by atoms with Crippen LogP contribution in [0, 0.1) is 17.3 Å². The topological polar surface area (TPSA) is 189 Å². The molecular weight excluding hydrogens is 716 g/mol. The number of allylic oxidation sites excluding steroid dienone is 1. The van der Waals surface area contributed by atoms with E-state index in [9.17, 15) is 29.4 Å². The van der Waals surface area contributed by atoms with Gasteiger partial charge in [-0.2, -0.15) is 0 Å². The zero-order chi connectivity index (χ0) is 40.6. The predicted molar refractivity (Wildman–Crippen MR) is 210 cm³/mol. The van der Waals surface area contributed by atoms with Crippen molar-refractivity contribution in [1.29, 1.82) is 0 Å². The summed E-state index contributed by atoms with van der Waals surface area (Å²) in [5.74, 6) is -4.35. The average molecular weight is 768 g/mol. The fourth-order valence-electron chi connectivity index (χ4n) is 7.09. The van der Waals surface area contributed by atoms with Crippen LogP contribution in [0.1, 0.15) is 66.2 Å². The smallest absolute Gasteiger partial charge is 0.328 e. The van der Waals surface area contributed by atoms with Crippen LogP contribution in [0.2, 0.25) is 0 Å². The lowest BCUT2D eigenvalue weighted by Crippen LogP contribution is -2.52. The van der Waals surface area contributed by atoms with E-state index in [1.54, 1.807) is 53.0 Å². The van der Waals surface area contributed by atoms with Crippen molar-refractivity contribution in [3.63, 3.8) is 0 Å². The van der Waals surface area contributed by atoms with E-state index < -0.39 is 65.2 Å². The summed E-state index contributed by atoms with van der Waals surface area (Å²) >= 11 is 0. The number of pyridine rings is 1. The third-order valence-electron chi connectivity index (χ3n) is 10.1. The molecule has 2 aliphatic rings. The quantitative estimate of drug-likeness (QED) is 0.0807. The maximum atomic E-state index is 14.3. The molecule has 56 heavy (non-hydrogen) atoms. The van der Waals surface area contributed by atoms with Gasteiger partial charge in [0.15, 0.2) is 0 Å². The number of benzene rings is 2. The van der Waals surface area contributed by atoms with Gasteiger partial charge in [0, 0.05) is 35.4 Å². The van der Waals surface area contributed by atoms with Crippen molar-refractivity contribution < 1.29 is 43.6 Å². The van der Waals surface area contributed by atoms with Crippen molar-refractivity contribution in [2.75, 3.05) is 14.2 Å². The van der Waals surface area contributed by atoms with Crippen molar-refractivity contribution in [2.24, 2.45) is 22.2 Å². The number of esters is 1. The second-order valence-corrected chi connectivity index (χ2v) is 15.2. The molecule has 6 atom stereocenters. The normalized spacial score (nSPS) is 20.0. The first-order valence-electron chi connectivity index (χ1n) is 19.0. The average Bonchev–Trinajstić information content (AvgIpc) is 3.62. The fraction of sp³-hybridized carbons (Fsp3) is 0.442. The first-order chi connectivity index (χ1) is 26.7. The number of methoxy groups -OCH3 is 2. The van der Waals surface area contributed by atoms with E-state index in [0.29, 0.717) is 40.9 Å². The Labute approximate surface area is 327 Å². The van der Waals surface area contributed by atoms with Crippen LogP contribution >= 0.6 is 0 Å². The largest absolute Gasteiger partial charge is 0.859 e. The van der Waals surface area contributed by atoms with Crippen LogP contribution in [-0.4, -0.2) is 78.2 Å². The molecule has 298 valence electrons. The Morgan fingerprint density at radius 1 is 1.05 bits per heavy atom. The van der Waals surface area contributed by atoms with Crippen molar-refractivity contribution >= 4 is 40.6 Å². The molecule has 0 radical (unpaired) electrons. The van der Waals surface area contributed by atoms with E-state index in [0.717, 1.165) is 18.4 Å². The highest BCUT2D eigenvalue weighted by atomic mass is 16.5. The van der Waals surface area contributed by atoms with Gasteiger partial charge in [0.2, 0.25) is 11.8 Å². The number of aliphatic imine (C=N–C) groups is 1. The first kappa shape index (κ1) is 41.4. The molecule has 1 aromatic heterocycles. The Hall–Kier alpha value is -5.72. The lowest BCUT2D eigenvalue weighted by atomic mass is 9.85. The molecule has 0 bridgehead atoms. The van der Waals surface area contributed by atoms with E-state index in [1.807, 2.05) is 48.6 Å². The zero-order valence-corrected chi connectivity index (χ0v) is 32.7. The van der Waals surface area contributed by atoms with Crippen LogP contribution in [0.15, 0.2) is 83.4 Å². The number of amides is 2. The number of hydrogen-bond acceptors (Lipinski definition) is 10. The Kier molecular flexibility index (Phi) is 13.5. The van der Waals surface area contributed by atoms with E-state index >= 15 is 0 Å². The van der Waals surface area contributed by atoms with Gasteiger partial charge in [0.05, 0.1) is 31.3 Å². The van der Waals surface area contributed by atoms with Gasteiger partial charge in [-0.25, -0.2) is 14.6 Å². The number of nitrogens with one attached hydrogen (secondary N) is 2. The van der Waals surface area contributed by atoms with Crippen LogP contribution < -0.4 is 25.2 Å². The molecule has 5 rings (SSSR count). The molecule has 13 heteroatoms. The second kappa shape index (κ2) is 18.3. The summed E-state index contributed by atoms with van der Waals surface area (Å²) in [6.07, 6.45) is 7.60. The van der Waals surface area contributed by atoms with Crippen molar-refractivity contribution in [1.82, 2.24) is 15.6 Å². The molecule has 2 aliphatic carbocycles. The van der Waals surface area contributed by atoms with Crippen LogP contribution in [0.4, 0.5) is 0 Å². The maximum absolute atomic E-state index is 14.3. The van der Waals surface area contributed by atoms with Gasteiger partial charge in [-0.1, -0.05) is 76.6 Å². The highest BCUT2D eigenvalue weighted by Gasteiger charge is 2.39. The molecule has 3 aromatic rings. The number of carbonyl (C=O) groups excluding carboxylic acids is 3. The van der Waals surface area contributed by atoms with Crippen LogP contribution in [0.25, 0.3) is 22.2 Å². The molecule has 13 nitrogen and oxygen atoms in total. The molecule has 2 amide bonds. The minimum atomic E-state index is -1.27. The standard InChI is InChI=1S/C43H52N4O9/c1-7-14-32(41(51)52)45-38(48)30-21-28(56-35-24-33(25-15-10-8-11-16-25)44-34-23-27(54-5)19-20-29(34)35)22-31(30)39(49)47-37(43(2,3)4)40(50)46-36(42(53)55-6)26-17-12-9-13-18-26/h8,10-12,15-17,19-20,22-24,26,28,30,32,36-37H,7,9,13-14,18,21H2,1-6H3,(H,45,48)(H,46,50)(H,47,49)(H,51,52)/p-1/t26?,28-,30-,32+,36+,37-/m1/s1. The van der Waals surface area contributed by atoms with Crippen LogP contribution in [0.3, 0.4) is 0 Å². The minimum Gasteiger partial charge on any atom is -0.859 e. The van der Waals surface area contributed by atoms with Crippen molar-refractivity contribution in [2.45, 2.75) is 90.4 Å². The van der Waals surface area contributed by atoms with Gasteiger partial charge in [0.1, 0.15) is 35.7 Å². The van der Waals surface area contributed by atoms with E-state index in [-0.39, 0.29) is 24.3 Å². The minimum absolute atomic E-state index is 0.00760. The summed E-state index contributed by atoms with van der Waals surface area (Å²) in [6, 6.07) is 13.3. The number of rotatable bonds is 15. The summed E-state index contributed by atoms with van der Waals surface area (Å²) in [5, 5.41) is 30.2. The Balaban J connectivity index is 1.53. The van der Waals surface area contributed by atoms with E-state index in [1.165, 1.54) is 13.2 Å². The lowest BCUT2D eigenvalue weighted by Gasteiger charge is -2.32. The fourth-order valence-corrected chi connectivity index (χ4v) is 7.09. The third kappa shape index (κ3) is 9.92. The van der Waals surface area contributed by atoms with Gasteiger partial charge in [-0.05, 0) is 60.8 Å². The summed E-state index contributed by atoms with van der Waals surface area (Å²) < 4.78 is 17.1. The molecule has 0 saturated heterocycles. The monoisotopic (exact) mass is 767 g/mol. The predicted octanol–water partition coefficient (Wildman–Crippen LogP) is 5.16. The molecule has 0 saturated carbocycles. The van der Waals surface area contributed by atoms with Crippen LogP contribution in [0.5, 0.6) is 11.5 Å². The molecule has 0 fully saturated rings. The summed E-state index contributed by atoms with van der Waals surface area (Å²) in [6.45, 7) is 7.05. The summed E-state index contributed by atoms with van der Waals surface area (Å²) in [5.41, 5.74) is 1.14. The number of fused-ring (bicyclic) bond motifs is 1. The molecule has 1 unspecified atom stereocenters. The Bertz CT molecular complexity index is 2000. The third-order valence-corrected chi connectivity index (χ3v) is 10.1. The van der Waals surface area contributed by atoms with Gasteiger partial charge in [-0.15, -0.1) is 0 Å². The second-order valence-electron chi connectivity index (χ2n) is 15.2. The molecule has 0 spiro atoms. The summed E-state index contributed by atoms with van der Waals surface area (Å²) in [7, 11) is 2.81. The number of ether oxygens (including phenoxy) is 3. The summed E-state index contributed by atoms with van der Waals surface area (Å²) in [4.78, 5) is 62.0. The molecule has 3 N–H and O–H groups in total. The van der Waals surface area contributed by atoms with Crippen LogP contribution in [-0.2, 0) is 23.9 Å². The van der Waals surface area contributed by atoms with Gasteiger partial charge in [-0.3, -0.25) is 14.6 Å². The number of hydrogen-bond donors (Lipinski definition) is 3. The van der Waals surface area contributed by atoms with E-state index in [4.69, 9.17) is 19.2 Å². The number of carboxylic acid groups (broad SMARTS) is 1. The van der Waals surface area contributed by atoms with Gasteiger partial charge in [0.25, 0.3) is 0 Å². The molecular formula is C43H51N4O9-. The lowest BCUT2D eigenvalue weighted by molar-refractivity contribution is -0.215. The maximum Gasteiger partial charge on any atom is 0.328 e.